The molecule has 4 atom stereocenters. The number of hydrogen-bond donors (Lipinski definition) is 1. The van der Waals surface area contributed by atoms with Gasteiger partial charge in [0.2, 0.25) is 0 Å². The van der Waals surface area contributed by atoms with Crippen molar-refractivity contribution in [1.82, 2.24) is 0 Å². The minimum atomic E-state index is -1.98. The van der Waals surface area contributed by atoms with Gasteiger partial charge in [-0.2, -0.15) is 0 Å². The zero-order valence-electron chi connectivity index (χ0n) is 15.7. The van der Waals surface area contributed by atoms with Gasteiger partial charge in [-0.25, -0.2) is 0 Å². The Morgan fingerprint density at radius 3 is 2.42 bits per heavy atom. The molecule has 0 spiro atoms. The SMILES string of the molecule is C=C[C@H]1C[C@H](OCc2ccccc2)[C@H](O[Si](C)(C)C(C)(C)C)[C@@H]1O. The van der Waals surface area contributed by atoms with Gasteiger partial charge in [-0.05, 0) is 30.1 Å². The Hall–Kier alpha value is -0.943. The van der Waals surface area contributed by atoms with E-state index in [0.717, 1.165) is 12.0 Å². The number of aliphatic hydroxyl groups is 1. The van der Waals surface area contributed by atoms with E-state index in [4.69, 9.17) is 9.16 Å². The predicted octanol–water partition coefficient (Wildman–Crippen LogP) is 4.53. The van der Waals surface area contributed by atoms with Gasteiger partial charge in [-0.3, -0.25) is 0 Å². The Morgan fingerprint density at radius 1 is 1.25 bits per heavy atom. The lowest BCUT2D eigenvalue weighted by Crippen LogP contribution is -2.49. The Morgan fingerprint density at radius 2 is 1.88 bits per heavy atom. The van der Waals surface area contributed by atoms with Crippen LogP contribution >= 0.6 is 0 Å². The third-order valence-electron chi connectivity index (χ3n) is 5.49. The van der Waals surface area contributed by atoms with E-state index in [9.17, 15) is 5.11 Å². The van der Waals surface area contributed by atoms with E-state index >= 15 is 0 Å². The van der Waals surface area contributed by atoms with Crippen molar-refractivity contribution < 1.29 is 14.3 Å². The first-order valence-electron chi connectivity index (χ1n) is 8.79. The Kier molecular flexibility index (Phi) is 6.08. The molecule has 24 heavy (non-hydrogen) atoms. The molecule has 1 fully saturated rings. The Labute approximate surface area is 147 Å². The van der Waals surface area contributed by atoms with E-state index in [1.54, 1.807) is 0 Å². The van der Waals surface area contributed by atoms with Gasteiger partial charge in [0, 0.05) is 5.92 Å². The van der Waals surface area contributed by atoms with Gasteiger partial charge in [0.05, 0.1) is 24.9 Å². The Balaban J connectivity index is 2.10. The Bertz CT molecular complexity index is 536. The molecule has 0 radical (unpaired) electrons. The molecule has 4 heteroatoms. The summed E-state index contributed by atoms with van der Waals surface area (Å²) in [6, 6.07) is 10.1. The minimum absolute atomic E-state index is 0.0283. The number of aliphatic hydroxyl groups excluding tert-OH is 1. The minimum Gasteiger partial charge on any atom is -0.409 e. The quantitative estimate of drug-likeness (QED) is 0.606. The molecule has 1 aromatic carbocycles. The second-order valence-corrected chi connectivity index (χ2v) is 13.1. The van der Waals surface area contributed by atoms with Gasteiger partial charge in [0.15, 0.2) is 8.32 Å². The highest BCUT2D eigenvalue weighted by Gasteiger charge is 2.48. The van der Waals surface area contributed by atoms with Crippen LogP contribution in [0.3, 0.4) is 0 Å². The van der Waals surface area contributed by atoms with Crippen molar-refractivity contribution in [2.45, 2.75) is 70.2 Å². The van der Waals surface area contributed by atoms with Gasteiger partial charge in [0.1, 0.15) is 0 Å². The predicted molar refractivity (Wildman–Crippen MR) is 101 cm³/mol. The molecule has 1 aliphatic carbocycles. The molecule has 0 aromatic heterocycles. The summed E-state index contributed by atoms with van der Waals surface area (Å²) in [5.74, 6) is 0.0283. The molecule has 134 valence electrons. The first-order valence-corrected chi connectivity index (χ1v) is 11.7. The smallest absolute Gasteiger partial charge is 0.192 e. The summed E-state index contributed by atoms with van der Waals surface area (Å²) in [5, 5.41) is 10.8. The van der Waals surface area contributed by atoms with Crippen LogP contribution in [0.15, 0.2) is 43.0 Å². The molecule has 1 saturated carbocycles. The zero-order valence-corrected chi connectivity index (χ0v) is 16.7. The lowest BCUT2D eigenvalue weighted by Gasteiger charge is -2.40. The summed E-state index contributed by atoms with van der Waals surface area (Å²) in [6.07, 6.45) is 1.67. The molecule has 1 aromatic rings. The van der Waals surface area contributed by atoms with Crippen molar-refractivity contribution in [3.8, 4) is 0 Å². The molecule has 0 saturated heterocycles. The molecular weight excluding hydrogens is 316 g/mol. The molecule has 0 unspecified atom stereocenters. The van der Waals surface area contributed by atoms with E-state index in [-0.39, 0.29) is 23.2 Å². The molecule has 1 N–H and O–H groups in total. The van der Waals surface area contributed by atoms with Crippen LogP contribution in [-0.4, -0.2) is 31.7 Å². The van der Waals surface area contributed by atoms with Crippen LogP contribution in [0.5, 0.6) is 0 Å². The topological polar surface area (TPSA) is 38.7 Å². The maximum atomic E-state index is 10.7. The van der Waals surface area contributed by atoms with Gasteiger partial charge < -0.3 is 14.3 Å². The van der Waals surface area contributed by atoms with E-state index in [0.29, 0.717) is 6.61 Å². The highest BCUT2D eigenvalue weighted by atomic mass is 28.4. The summed E-state index contributed by atoms with van der Waals surface area (Å²) in [6.45, 7) is 15.5. The first-order chi connectivity index (χ1) is 11.2. The van der Waals surface area contributed by atoms with Crippen LogP contribution < -0.4 is 0 Å². The first kappa shape index (κ1) is 19.4. The summed E-state index contributed by atoms with van der Waals surface area (Å²) in [5.41, 5.74) is 1.14. The molecule has 0 amide bonds. The monoisotopic (exact) mass is 348 g/mol. The van der Waals surface area contributed by atoms with Crippen LogP contribution in [-0.2, 0) is 15.8 Å². The number of ether oxygens (including phenoxy) is 1. The van der Waals surface area contributed by atoms with Crippen LogP contribution in [0.4, 0.5) is 0 Å². The van der Waals surface area contributed by atoms with Crippen molar-refractivity contribution in [1.29, 1.82) is 0 Å². The molecule has 0 heterocycles. The van der Waals surface area contributed by atoms with Crippen LogP contribution in [0.2, 0.25) is 18.1 Å². The normalized spacial score (nSPS) is 28.1. The fraction of sp³-hybridized carbons (Fsp3) is 0.600. The standard InChI is InChI=1S/C20H32O3Si/c1-7-16-13-17(22-14-15-11-9-8-10-12-15)19(18(16)21)23-24(5,6)20(2,3)4/h7-12,16-19,21H,1,13-14H2,2-6H3/t16-,17-,18+,19-/m0/s1. The fourth-order valence-electron chi connectivity index (χ4n) is 2.84. The van der Waals surface area contributed by atoms with E-state index < -0.39 is 14.4 Å². The second-order valence-electron chi connectivity index (χ2n) is 8.30. The van der Waals surface area contributed by atoms with Crippen LogP contribution in [0, 0.1) is 5.92 Å². The van der Waals surface area contributed by atoms with Gasteiger partial charge in [-0.15, -0.1) is 6.58 Å². The van der Waals surface area contributed by atoms with E-state index in [1.807, 2.05) is 24.3 Å². The molecule has 0 bridgehead atoms. The van der Waals surface area contributed by atoms with Crippen molar-refractivity contribution in [3.63, 3.8) is 0 Å². The summed E-state index contributed by atoms with van der Waals surface area (Å²) in [7, 11) is -1.98. The number of rotatable bonds is 6. The largest absolute Gasteiger partial charge is 0.409 e. The summed E-state index contributed by atoms with van der Waals surface area (Å²) in [4.78, 5) is 0. The third kappa shape index (κ3) is 4.36. The lowest BCUT2D eigenvalue weighted by atomic mass is 10.1. The maximum absolute atomic E-state index is 10.7. The van der Waals surface area contributed by atoms with Gasteiger partial charge >= 0.3 is 0 Å². The lowest BCUT2D eigenvalue weighted by molar-refractivity contribution is -0.0549. The fourth-order valence-corrected chi connectivity index (χ4v) is 4.17. The van der Waals surface area contributed by atoms with Gasteiger partial charge in [0.25, 0.3) is 0 Å². The number of benzene rings is 1. The zero-order chi connectivity index (χ0) is 18.0. The molecular formula is C20H32O3Si. The van der Waals surface area contributed by atoms with Gasteiger partial charge in [-0.1, -0.05) is 57.2 Å². The molecule has 2 rings (SSSR count). The van der Waals surface area contributed by atoms with Crippen molar-refractivity contribution >= 4 is 8.32 Å². The highest BCUT2D eigenvalue weighted by Crippen LogP contribution is 2.41. The molecule has 3 nitrogen and oxygen atoms in total. The summed E-state index contributed by atoms with van der Waals surface area (Å²) >= 11 is 0. The van der Waals surface area contributed by atoms with E-state index in [2.05, 4.69) is 52.6 Å². The van der Waals surface area contributed by atoms with Crippen molar-refractivity contribution in [2.75, 3.05) is 0 Å². The van der Waals surface area contributed by atoms with E-state index in [1.165, 1.54) is 0 Å². The molecule has 0 aliphatic heterocycles. The van der Waals surface area contributed by atoms with Crippen molar-refractivity contribution in [3.05, 3.63) is 48.6 Å². The average Bonchev–Trinajstić information content (AvgIpc) is 2.81. The maximum Gasteiger partial charge on any atom is 0.192 e. The number of hydrogen-bond acceptors (Lipinski definition) is 3. The van der Waals surface area contributed by atoms with Crippen molar-refractivity contribution in [2.24, 2.45) is 5.92 Å². The second kappa shape index (κ2) is 7.52. The third-order valence-corrected chi connectivity index (χ3v) is 9.97. The highest BCUT2D eigenvalue weighted by molar-refractivity contribution is 6.74. The van der Waals surface area contributed by atoms with Crippen LogP contribution in [0.1, 0.15) is 32.8 Å². The van der Waals surface area contributed by atoms with Crippen LogP contribution in [0.25, 0.3) is 0 Å². The summed E-state index contributed by atoms with van der Waals surface area (Å²) < 4.78 is 12.7. The molecule has 1 aliphatic rings. The average molecular weight is 349 g/mol.